The maximum Gasteiger partial charge on any atom is 0.319 e. The lowest BCUT2D eigenvalue weighted by Crippen LogP contribution is -2.51. The highest BCUT2D eigenvalue weighted by atomic mass is 35.5. The number of aromatic nitrogens is 3. The number of nitrogens with one attached hydrogen (secondary N) is 2. The molecule has 2 bridgehead atoms. The van der Waals surface area contributed by atoms with E-state index in [2.05, 4.69) is 25.1 Å². The van der Waals surface area contributed by atoms with Gasteiger partial charge < -0.3 is 19.9 Å². The van der Waals surface area contributed by atoms with Gasteiger partial charge in [0.05, 0.1) is 16.1 Å². The minimum absolute atomic E-state index is 0.0285. The van der Waals surface area contributed by atoms with E-state index in [0.29, 0.717) is 43.1 Å². The van der Waals surface area contributed by atoms with Crippen LogP contribution in [0.3, 0.4) is 0 Å². The molecule has 4 aliphatic heterocycles. The van der Waals surface area contributed by atoms with Gasteiger partial charge in [-0.1, -0.05) is 11.6 Å². The Morgan fingerprint density at radius 3 is 2.54 bits per heavy atom. The monoisotopic (exact) mass is 582 g/mol. The van der Waals surface area contributed by atoms with Crippen LogP contribution in [-0.4, -0.2) is 70.3 Å². The molecule has 2 atom stereocenters. The summed E-state index contributed by atoms with van der Waals surface area (Å²) >= 11 is 6.03. The largest absolute Gasteiger partial charge is 0.461 e. The first-order chi connectivity index (χ1) is 19.9. The second-order valence-electron chi connectivity index (χ2n) is 12.0. The van der Waals surface area contributed by atoms with Crippen molar-refractivity contribution in [3.63, 3.8) is 0 Å². The molecule has 8 rings (SSSR count). The van der Waals surface area contributed by atoms with Gasteiger partial charge in [0.2, 0.25) is 0 Å². The lowest BCUT2D eigenvalue weighted by molar-refractivity contribution is 0.108. The fourth-order valence-corrected chi connectivity index (χ4v) is 7.85. The van der Waals surface area contributed by atoms with Crippen LogP contribution in [0.5, 0.6) is 6.01 Å². The number of rotatable bonds is 5. The van der Waals surface area contributed by atoms with E-state index in [1.807, 2.05) is 0 Å². The highest BCUT2D eigenvalue weighted by Gasteiger charge is 2.45. The highest BCUT2D eigenvalue weighted by Crippen LogP contribution is 2.42. The summed E-state index contributed by atoms with van der Waals surface area (Å²) in [4.78, 5) is 16.8. The van der Waals surface area contributed by atoms with Crippen molar-refractivity contribution < 1.29 is 17.9 Å². The molecule has 41 heavy (non-hydrogen) atoms. The number of hydrogen-bond donors (Lipinski definition) is 2. The molecule has 6 heterocycles. The molecule has 4 aromatic rings. The summed E-state index contributed by atoms with van der Waals surface area (Å²) in [6.07, 6.45) is 7.85. The topological polar surface area (TPSA) is 69.3 Å². The van der Waals surface area contributed by atoms with Crippen LogP contribution in [0.25, 0.3) is 32.9 Å². The molecular weight excluding hydrogens is 553 g/mol. The molecule has 2 unspecified atom stereocenters. The number of benzene rings is 2. The van der Waals surface area contributed by atoms with Crippen LogP contribution in [0, 0.1) is 17.5 Å². The van der Waals surface area contributed by atoms with Gasteiger partial charge in [0.15, 0.2) is 11.6 Å². The van der Waals surface area contributed by atoms with Crippen LogP contribution < -0.4 is 15.0 Å². The maximum atomic E-state index is 16.5. The number of nitrogens with zero attached hydrogens (tertiary/aromatic N) is 4. The molecule has 2 N–H and O–H groups in total. The SMILES string of the molecule is Fc1cc2c(N3CC4CCC(C3)N4)nc(OCC34CCCN3CCC4)nc2c(F)c1-c1c[nH]c2ccc(Cl)c(F)c12. The number of aromatic amines is 1. The number of fused-ring (bicyclic) bond motifs is 5. The van der Waals surface area contributed by atoms with Gasteiger partial charge >= 0.3 is 6.01 Å². The van der Waals surface area contributed by atoms with E-state index < -0.39 is 17.5 Å². The quantitative estimate of drug-likeness (QED) is 0.310. The molecule has 0 amide bonds. The van der Waals surface area contributed by atoms with Gasteiger partial charge in [-0.2, -0.15) is 9.97 Å². The van der Waals surface area contributed by atoms with Gasteiger partial charge in [-0.15, -0.1) is 0 Å². The van der Waals surface area contributed by atoms with Gasteiger partial charge in [-0.05, 0) is 69.8 Å². The normalized spacial score (nSPS) is 23.7. The number of ether oxygens (including phenoxy) is 1. The van der Waals surface area contributed by atoms with Crippen LogP contribution in [0.15, 0.2) is 24.4 Å². The second kappa shape index (κ2) is 9.47. The summed E-state index contributed by atoms with van der Waals surface area (Å²) in [5.41, 5.74) is -0.0129. The third-order valence-electron chi connectivity index (χ3n) is 9.64. The lowest BCUT2D eigenvalue weighted by Gasteiger charge is -2.34. The van der Waals surface area contributed by atoms with E-state index >= 15 is 13.2 Å². The van der Waals surface area contributed by atoms with Crippen molar-refractivity contribution in [2.24, 2.45) is 0 Å². The molecule has 2 aromatic carbocycles. The molecule has 4 aliphatic rings. The summed E-state index contributed by atoms with van der Waals surface area (Å²) in [6, 6.07) is 4.93. The minimum Gasteiger partial charge on any atom is -0.461 e. The summed E-state index contributed by atoms with van der Waals surface area (Å²) in [5.74, 6) is -1.97. The van der Waals surface area contributed by atoms with Gasteiger partial charge in [0, 0.05) is 53.2 Å². The molecule has 0 radical (unpaired) electrons. The Labute approximate surface area is 240 Å². The smallest absolute Gasteiger partial charge is 0.319 e. The zero-order valence-corrected chi connectivity index (χ0v) is 23.2. The van der Waals surface area contributed by atoms with Crippen LogP contribution in [0.4, 0.5) is 19.0 Å². The van der Waals surface area contributed by atoms with Gasteiger partial charge in [0.25, 0.3) is 0 Å². The number of H-pyrrole nitrogens is 1. The Kier molecular flexibility index (Phi) is 5.92. The number of halogens is 4. The van der Waals surface area contributed by atoms with Crippen LogP contribution in [0.2, 0.25) is 5.02 Å². The van der Waals surface area contributed by atoms with E-state index in [-0.39, 0.29) is 44.0 Å². The summed E-state index contributed by atoms with van der Waals surface area (Å²) < 4.78 is 53.8. The first-order valence-corrected chi connectivity index (χ1v) is 14.8. The Hall–Kier alpha value is -3.08. The van der Waals surface area contributed by atoms with Gasteiger partial charge in [0.1, 0.15) is 23.8 Å². The summed E-state index contributed by atoms with van der Waals surface area (Å²) in [7, 11) is 0. The molecule has 11 heteroatoms. The van der Waals surface area contributed by atoms with Crippen LogP contribution in [-0.2, 0) is 0 Å². The first-order valence-electron chi connectivity index (χ1n) is 14.4. The summed E-state index contributed by atoms with van der Waals surface area (Å²) in [5, 5.41) is 3.78. The number of piperazine rings is 1. The van der Waals surface area contributed by atoms with Crippen LogP contribution in [0.1, 0.15) is 38.5 Å². The van der Waals surface area contributed by atoms with Crippen molar-refractivity contribution in [1.82, 2.24) is 25.2 Å². The molecule has 4 fully saturated rings. The molecule has 2 aromatic heterocycles. The van der Waals surface area contributed by atoms with Crippen LogP contribution >= 0.6 is 11.6 Å². The van der Waals surface area contributed by atoms with Crippen molar-refractivity contribution in [2.45, 2.75) is 56.1 Å². The predicted molar refractivity (Wildman–Crippen MR) is 152 cm³/mol. The Balaban J connectivity index is 1.27. The molecule has 0 saturated carbocycles. The molecule has 0 spiro atoms. The molecular formula is C30H30ClF3N6O. The molecule has 0 aliphatic carbocycles. The average molecular weight is 583 g/mol. The van der Waals surface area contributed by atoms with E-state index in [1.165, 1.54) is 18.3 Å². The molecule has 7 nitrogen and oxygen atoms in total. The first kappa shape index (κ1) is 25.6. The Morgan fingerprint density at radius 1 is 1.02 bits per heavy atom. The third kappa shape index (κ3) is 4.01. The Bertz CT molecular complexity index is 1670. The molecule has 4 saturated heterocycles. The van der Waals surface area contributed by atoms with E-state index in [0.717, 1.165) is 51.6 Å². The standard InChI is InChI=1S/C30H30ClF3N6O/c31-20-5-6-22-24(25(20)33)19(12-35-22)23-21(32)11-18-27(26(23)34)37-29(41-15-30-7-1-9-40(30)10-2-8-30)38-28(18)39-13-16-3-4-17(14-39)36-16/h5-6,11-12,16-17,35-36H,1-4,7-10,13-15H2. The van der Waals surface area contributed by atoms with Crippen molar-refractivity contribution >= 4 is 39.2 Å². The van der Waals surface area contributed by atoms with Crippen molar-refractivity contribution in [3.8, 4) is 17.1 Å². The van der Waals surface area contributed by atoms with Crippen molar-refractivity contribution in [3.05, 3.63) is 46.9 Å². The van der Waals surface area contributed by atoms with E-state index in [4.69, 9.17) is 21.3 Å². The fourth-order valence-electron chi connectivity index (χ4n) is 7.70. The average Bonchev–Trinajstić information content (AvgIpc) is 3.73. The molecule has 214 valence electrons. The third-order valence-corrected chi connectivity index (χ3v) is 9.94. The minimum atomic E-state index is -0.881. The Morgan fingerprint density at radius 2 is 1.78 bits per heavy atom. The van der Waals surface area contributed by atoms with Gasteiger partial charge in [-0.25, -0.2) is 13.2 Å². The fraction of sp³-hybridized carbons (Fsp3) is 0.467. The number of hydrogen-bond acceptors (Lipinski definition) is 6. The number of anilines is 1. The van der Waals surface area contributed by atoms with Crippen molar-refractivity contribution in [1.29, 1.82) is 0 Å². The second-order valence-corrected chi connectivity index (χ2v) is 12.4. The van der Waals surface area contributed by atoms with Crippen molar-refractivity contribution in [2.75, 3.05) is 37.7 Å². The summed E-state index contributed by atoms with van der Waals surface area (Å²) in [6.45, 7) is 3.89. The lowest BCUT2D eigenvalue weighted by atomic mass is 9.95. The van der Waals surface area contributed by atoms with Gasteiger partial charge in [-0.3, -0.25) is 4.90 Å². The predicted octanol–water partition coefficient (Wildman–Crippen LogP) is 5.80. The van der Waals surface area contributed by atoms with E-state index in [1.54, 1.807) is 6.07 Å². The highest BCUT2D eigenvalue weighted by molar-refractivity contribution is 6.31. The zero-order valence-electron chi connectivity index (χ0n) is 22.5. The van der Waals surface area contributed by atoms with E-state index in [9.17, 15) is 0 Å². The zero-order chi connectivity index (χ0) is 27.9. The maximum absolute atomic E-state index is 16.5.